The molecule has 1 aromatic carbocycles. The Morgan fingerprint density at radius 2 is 1.80 bits per heavy atom. The lowest BCUT2D eigenvalue weighted by molar-refractivity contribution is 0.591. The molecule has 3 heteroatoms. The maximum absolute atomic E-state index is 11.3. The van der Waals surface area contributed by atoms with Crippen molar-refractivity contribution >= 4 is 11.0 Å². The third-order valence-corrected chi connectivity index (χ3v) is 2.65. The van der Waals surface area contributed by atoms with E-state index >= 15 is 0 Å². The highest BCUT2D eigenvalue weighted by Gasteiger charge is 2.20. The number of fused-ring (bicyclic) bond motifs is 1. The van der Waals surface area contributed by atoms with E-state index in [1.807, 2.05) is 12.1 Å². The molecule has 2 rings (SSSR count). The van der Waals surface area contributed by atoms with Crippen molar-refractivity contribution < 1.29 is 0 Å². The lowest BCUT2D eigenvalue weighted by atomic mass is 9.83. The van der Waals surface area contributed by atoms with E-state index in [4.69, 9.17) is 0 Å². The molecule has 0 saturated heterocycles. The molecule has 0 amide bonds. The van der Waals surface area contributed by atoms with Crippen LogP contribution in [0.4, 0.5) is 0 Å². The van der Waals surface area contributed by atoms with Crippen molar-refractivity contribution in [1.29, 1.82) is 0 Å². The SMILES string of the molecule is Cc1ccc2[nH]c(=O)[nH]c2c1C(C)(C)C. The average molecular weight is 204 g/mol. The fraction of sp³-hybridized carbons (Fsp3) is 0.417. The summed E-state index contributed by atoms with van der Waals surface area (Å²) in [5.41, 5.74) is 4.14. The Morgan fingerprint density at radius 1 is 1.13 bits per heavy atom. The van der Waals surface area contributed by atoms with E-state index < -0.39 is 0 Å². The van der Waals surface area contributed by atoms with Gasteiger partial charge in [0.15, 0.2) is 0 Å². The number of aromatic amines is 2. The lowest BCUT2D eigenvalue weighted by Crippen LogP contribution is -2.14. The van der Waals surface area contributed by atoms with Crippen molar-refractivity contribution in [3.63, 3.8) is 0 Å². The second-order valence-corrected chi connectivity index (χ2v) is 5.01. The van der Waals surface area contributed by atoms with Gasteiger partial charge in [-0.1, -0.05) is 26.8 Å². The molecule has 80 valence electrons. The van der Waals surface area contributed by atoms with Gasteiger partial charge in [0.25, 0.3) is 0 Å². The van der Waals surface area contributed by atoms with Crippen LogP contribution in [0.15, 0.2) is 16.9 Å². The van der Waals surface area contributed by atoms with E-state index in [0.717, 1.165) is 11.0 Å². The summed E-state index contributed by atoms with van der Waals surface area (Å²) in [6, 6.07) is 3.99. The molecule has 0 radical (unpaired) electrons. The van der Waals surface area contributed by atoms with E-state index in [-0.39, 0.29) is 11.1 Å². The lowest BCUT2D eigenvalue weighted by Gasteiger charge is -2.22. The van der Waals surface area contributed by atoms with E-state index in [0.29, 0.717) is 0 Å². The first-order valence-electron chi connectivity index (χ1n) is 5.11. The number of aromatic nitrogens is 2. The minimum absolute atomic E-state index is 0.0364. The second-order valence-electron chi connectivity index (χ2n) is 5.01. The van der Waals surface area contributed by atoms with Gasteiger partial charge in [-0.3, -0.25) is 0 Å². The highest BCUT2D eigenvalue weighted by Crippen LogP contribution is 2.30. The molecule has 0 saturated carbocycles. The summed E-state index contributed by atoms with van der Waals surface area (Å²) in [6.07, 6.45) is 0. The normalized spacial score (nSPS) is 12.3. The molecule has 15 heavy (non-hydrogen) atoms. The monoisotopic (exact) mass is 204 g/mol. The van der Waals surface area contributed by atoms with Crippen molar-refractivity contribution in [2.45, 2.75) is 33.1 Å². The molecule has 0 fully saturated rings. The third kappa shape index (κ3) is 1.58. The molecule has 0 unspecified atom stereocenters. The van der Waals surface area contributed by atoms with Crippen LogP contribution in [-0.2, 0) is 5.41 Å². The van der Waals surface area contributed by atoms with Gasteiger partial charge in [0.1, 0.15) is 0 Å². The van der Waals surface area contributed by atoms with Gasteiger partial charge >= 0.3 is 5.69 Å². The number of aryl methyl sites for hydroxylation is 1. The Labute approximate surface area is 88.5 Å². The quantitative estimate of drug-likeness (QED) is 0.680. The molecule has 3 nitrogen and oxygen atoms in total. The number of nitrogens with one attached hydrogen (secondary N) is 2. The summed E-state index contributed by atoms with van der Waals surface area (Å²) in [4.78, 5) is 16.9. The van der Waals surface area contributed by atoms with Crippen molar-refractivity contribution in [3.05, 3.63) is 33.7 Å². The highest BCUT2D eigenvalue weighted by atomic mass is 16.1. The zero-order chi connectivity index (χ0) is 11.2. The Morgan fingerprint density at radius 3 is 2.40 bits per heavy atom. The summed E-state index contributed by atoms with van der Waals surface area (Å²) in [7, 11) is 0. The molecular weight excluding hydrogens is 188 g/mol. The van der Waals surface area contributed by atoms with Gasteiger partial charge in [-0.25, -0.2) is 4.79 Å². The predicted molar refractivity (Wildman–Crippen MR) is 62.4 cm³/mol. The molecule has 0 bridgehead atoms. The summed E-state index contributed by atoms with van der Waals surface area (Å²) in [5.74, 6) is 0. The Kier molecular flexibility index (Phi) is 2.00. The first kappa shape index (κ1) is 10.0. The highest BCUT2D eigenvalue weighted by molar-refractivity contribution is 5.80. The van der Waals surface area contributed by atoms with Gasteiger partial charge in [0.05, 0.1) is 11.0 Å². The van der Waals surface area contributed by atoms with Crippen molar-refractivity contribution in [1.82, 2.24) is 9.97 Å². The van der Waals surface area contributed by atoms with Crippen LogP contribution in [-0.4, -0.2) is 9.97 Å². The Hall–Kier alpha value is -1.51. The van der Waals surface area contributed by atoms with Gasteiger partial charge in [0, 0.05) is 0 Å². The van der Waals surface area contributed by atoms with Crippen LogP contribution in [0.5, 0.6) is 0 Å². The zero-order valence-electron chi connectivity index (χ0n) is 9.56. The molecular formula is C12H16N2O. The molecule has 1 heterocycles. The molecule has 0 atom stereocenters. The number of imidazole rings is 1. The van der Waals surface area contributed by atoms with Gasteiger partial charge in [0.2, 0.25) is 0 Å². The van der Waals surface area contributed by atoms with E-state index in [9.17, 15) is 4.79 Å². The van der Waals surface area contributed by atoms with Crippen LogP contribution in [0.2, 0.25) is 0 Å². The summed E-state index contributed by atoms with van der Waals surface area (Å²) in [5, 5.41) is 0. The standard InChI is InChI=1S/C12H16N2O/c1-7-5-6-8-10(14-11(15)13-8)9(7)12(2,3)4/h5-6H,1-4H3,(H2,13,14,15). The summed E-state index contributed by atoms with van der Waals surface area (Å²) < 4.78 is 0. The van der Waals surface area contributed by atoms with Crippen LogP contribution < -0.4 is 5.69 Å². The van der Waals surface area contributed by atoms with Gasteiger partial charge in [-0.05, 0) is 29.5 Å². The minimum atomic E-state index is -0.138. The summed E-state index contributed by atoms with van der Waals surface area (Å²) >= 11 is 0. The summed E-state index contributed by atoms with van der Waals surface area (Å²) in [6.45, 7) is 8.53. The number of hydrogen-bond acceptors (Lipinski definition) is 1. The second kappa shape index (κ2) is 2.99. The van der Waals surface area contributed by atoms with Gasteiger partial charge in [-0.15, -0.1) is 0 Å². The Bertz CT molecular complexity index is 555. The topological polar surface area (TPSA) is 48.6 Å². The fourth-order valence-electron chi connectivity index (χ4n) is 2.17. The minimum Gasteiger partial charge on any atom is -0.306 e. The maximum atomic E-state index is 11.3. The predicted octanol–water partition coefficient (Wildman–Crippen LogP) is 2.46. The maximum Gasteiger partial charge on any atom is 0.323 e. The van der Waals surface area contributed by atoms with Crippen molar-refractivity contribution in [2.75, 3.05) is 0 Å². The van der Waals surface area contributed by atoms with Gasteiger partial charge in [-0.2, -0.15) is 0 Å². The van der Waals surface area contributed by atoms with Crippen LogP contribution in [0, 0.1) is 6.92 Å². The molecule has 0 aliphatic heterocycles. The van der Waals surface area contributed by atoms with E-state index in [1.165, 1.54) is 11.1 Å². The smallest absolute Gasteiger partial charge is 0.306 e. The number of rotatable bonds is 0. The van der Waals surface area contributed by atoms with Gasteiger partial charge < -0.3 is 9.97 Å². The van der Waals surface area contributed by atoms with E-state index in [2.05, 4.69) is 37.7 Å². The first-order valence-corrected chi connectivity index (χ1v) is 5.11. The third-order valence-electron chi connectivity index (χ3n) is 2.65. The molecule has 2 aromatic rings. The van der Waals surface area contributed by atoms with Crippen LogP contribution in [0.25, 0.3) is 11.0 Å². The molecule has 0 aliphatic rings. The molecule has 0 spiro atoms. The average Bonchev–Trinajstić information content (AvgIpc) is 2.41. The zero-order valence-corrected chi connectivity index (χ0v) is 9.56. The van der Waals surface area contributed by atoms with Crippen LogP contribution in [0.1, 0.15) is 31.9 Å². The Balaban J connectivity index is 2.91. The molecule has 1 aromatic heterocycles. The number of benzene rings is 1. The van der Waals surface area contributed by atoms with Crippen molar-refractivity contribution in [2.24, 2.45) is 0 Å². The number of H-pyrrole nitrogens is 2. The number of hydrogen-bond donors (Lipinski definition) is 2. The molecule has 0 aliphatic carbocycles. The fourth-order valence-corrected chi connectivity index (χ4v) is 2.17. The van der Waals surface area contributed by atoms with Crippen molar-refractivity contribution in [3.8, 4) is 0 Å². The van der Waals surface area contributed by atoms with Crippen LogP contribution >= 0.6 is 0 Å². The first-order chi connectivity index (χ1) is 6.89. The molecule has 2 N–H and O–H groups in total. The largest absolute Gasteiger partial charge is 0.323 e. The van der Waals surface area contributed by atoms with E-state index in [1.54, 1.807) is 0 Å². The van der Waals surface area contributed by atoms with Crippen LogP contribution in [0.3, 0.4) is 0 Å².